The monoisotopic (exact) mass is 156 g/mol. The van der Waals surface area contributed by atoms with Crippen LogP contribution in [0.25, 0.3) is 0 Å². The molecule has 0 amide bonds. The average molecular weight is 156 g/mol. The SMILES string of the molecule is F[C](=[Fe])C(F)(F)F. The zero-order chi connectivity index (χ0) is 6.08. The molecule has 0 N–H and O–H groups in total. The summed E-state index contributed by atoms with van der Waals surface area (Å²) in [4.78, 5) is 0. The molecule has 0 bridgehead atoms. The first-order valence-electron chi connectivity index (χ1n) is 1.18. The fraction of sp³-hybridized carbons (Fsp3) is 0.500. The summed E-state index contributed by atoms with van der Waals surface area (Å²) in [5.74, 6) is 0. The van der Waals surface area contributed by atoms with Crippen molar-refractivity contribution in [3.8, 4) is 0 Å². The summed E-state index contributed by atoms with van der Waals surface area (Å²) in [7, 11) is 0. The topological polar surface area (TPSA) is 0 Å². The van der Waals surface area contributed by atoms with Crippen molar-refractivity contribution in [2.45, 2.75) is 6.18 Å². The van der Waals surface area contributed by atoms with Crippen molar-refractivity contribution in [1.82, 2.24) is 0 Å². The molecule has 0 radical (unpaired) electrons. The van der Waals surface area contributed by atoms with Gasteiger partial charge < -0.3 is 0 Å². The number of halogens is 4. The van der Waals surface area contributed by atoms with Gasteiger partial charge in [0.15, 0.2) is 0 Å². The van der Waals surface area contributed by atoms with Gasteiger partial charge in [-0.3, -0.25) is 0 Å². The van der Waals surface area contributed by atoms with Gasteiger partial charge in [-0.05, 0) is 0 Å². The molecule has 0 aromatic heterocycles. The zero-order valence-corrected chi connectivity index (χ0v) is 3.97. The van der Waals surface area contributed by atoms with Crippen LogP contribution in [0.15, 0.2) is 0 Å². The van der Waals surface area contributed by atoms with E-state index in [1.807, 2.05) is 15.6 Å². The van der Waals surface area contributed by atoms with E-state index in [2.05, 4.69) is 0 Å². The summed E-state index contributed by atoms with van der Waals surface area (Å²) < 4.78 is 40.7. The molecular weight excluding hydrogens is 156 g/mol. The van der Waals surface area contributed by atoms with Gasteiger partial charge in [-0.15, -0.1) is 0 Å². The van der Waals surface area contributed by atoms with Crippen molar-refractivity contribution in [3.63, 3.8) is 0 Å². The summed E-state index contributed by atoms with van der Waals surface area (Å²) in [5, 5.41) is 0. The molecule has 7 heavy (non-hydrogen) atoms. The number of rotatable bonds is 0. The van der Waals surface area contributed by atoms with E-state index in [1.54, 1.807) is 0 Å². The Balaban J connectivity index is 3.79. The van der Waals surface area contributed by atoms with Gasteiger partial charge in [0.05, 0.1) is 0 Å². The predicted molar refractivity (Wildman–Crippen MR) is 12.2 cm³/mol. The molecule has 0 rings (SSSR count). The van der Waals surface area contributed by atoms with E-state index in [0.29, 0.717) is 0 Å². The summed E-state index contributed by atoms with van der Waals surface area (Å²) in [5.41, 5.74) is 0. The third-order valence-corrected chi connectivity index (χ3v) is 0.520. The molecule has 0 aromatic rings. The van der Waals surface area contributed by atoms with Crippen molar-refractivity contribution >= 4 is 4.67 Å². The Kier molecular flexibility index (Phi) is 1.95. The van der Waals surface area contributed by atoms with E-state index in [0.717, 1.165) is 0 Å². The van der Waals surface area contributed by atoms with Gasteiger partial charge in [0.2, 0.25) is 0 Å². The summed E-state index contributed by atoms with van der Waals surface area (Å²) >= 11 is 2.03. The molecule has 0 saturated heterocycles. The molecule has 0 aromatic carbocycles. The van der Waals surface area contributed by atoms with Crippen molar-refractivity contribution in [2.75, 3.05) is 0 Å². The van der Waals surface area contributed by atoms with Crippen LogP contribution < -0.4 is 0 Å². The molecule has 0 spiro atoms. The molecule has 44 valence electrons. The summed E-state index contributed by atoms with van der Waals surface area (Å²) in [6.45, 7) is 0. The number of hydrogen-bond acceptors (Lipinski definition) is 0. The Morgan fingerprint density at radius 1 is 1.29 bits per heavy atom. The predicted octanol–water partition coefficient (Wildman–Crippen LogP) is 1.19. The average Bonchev–Trinajstić information content (AvgIpc) is 1.31. The molecule has 5 heteroatoms. The van der Waals surface area contributed by atoms with Crippen LogP contribution in [-0.4, -0.2) is 10.8 Å². The maximum atomic E-state index is 10.9. The Labute approximate surface area is 44.9 Å². The van der Waals surface area contributed by atoms with Crippen LogP contribution in [0.5, 0.6) is 0 Å². The normalized spacial score (nSPS) is 11.6. The molecule has 0 fully saturated rings. The Morgan fingerprint density at radius 2 is 1.43 bits per heavy atom. The van der Waals surface area contributed by atoms with E-state index in [4.69, 9.17) is 0 Å². The van der Waals surface area contributed by atoms with Gasteiger partial charge in [-0.25, -0.2) is 0 Å². The van der Waals surface area contributed by atoms with E-state index in [1.165, 1.54) is 0 Å². The van der Waals surface area contributed by atoms with E-state index in [9.17, 15) is 17.6 Å². The Bertz CT molecular complexity index is 82.2. The van der Waals surface area contributed by atoms with Gasteiger partial charge in [0.25, 0.3) is 0 Å². The zero-order valence-electron chi connectivity index (χ0n) is 2.87. The van der Waals surface area contributed by atoms with Crippen LogP contribution in [0.4, 0.5) is 17.6 Å². The first-order chi connectivity index (χ1) is 2.94. The van der Waals surface area contributed by atoms with Crippen LogP contribution in [-0.2, 0) is 15.6 Å². The number of hydrogen-bond donors (Lipinski definition) is 0. The van der Waals surface area contributed by atoms with Crippen LogP contribution >= 0.6 is 0 Å². The summed E-state index contributed by atoms with van der Waals surface area (Å²) in [6.07, 6.45) is -4.86. The Morgan fingerprint density at radius 3 is 1.43 bits per heavy atom. The molecule has 0 atom stereocenters. The molecule has 0 heterocycles. The van der Waals surface area contributed by atoms with E-state index >= 15 is 0 Å². The molecule has 0 aliphatic heterocycles. The first kappa shape index (κ1) is 7.11. The van der Waals surface area contributed by atoms with Crippen molar-refractivity contribution in [2.24, 2.45) is 0 Å². The van der Waals surface area contributed by atoms with Gasteiger partial charge >= 0.3 is 44.0 Å². The molecule has 0 unspecified atom stereocenters. The molecule has 0 saturated carbocycles. The molecule has 0 nitrogen and oxygen atoms in total. The third kappa shape index (κ3) is 2.76. The second-order valence-corrected chi connectivity index (χ2v) is 1.23. The van der Waals surface area contributed by atoms with Crippen molar-refractivity contribution in [1.29, 1.82) is 0 Å². The minimum atomic E-state index is -4.86. The quantitative estimate of drug-likeness (QED) is 0.365. The van der Waals surface area contributed by atoms with Crippen LogP contribution in [0.3, 0.4) is 0 Å². The molecule has 0 aliphatic rings. The summed E-state index contributed by atoms with van der Waals surface area (Å²) in [6, 6.07) is 0. The third-order valence-electron chi connectivity index (χ3n) is 0.207. The van der Waals surface area contributed by atoms with Crippen LogP contribution in [0.1, 0.15) is 0 Å². The second kappa shape index (κ2) is 1.92. The number of alkyl halides is 3. The van der Waals surface area contributed by atoms with Gasteiger partial charge in [-0.1, -0.05) is 0 Å². The van der Waals surface area contributed by atoms with E-state index in [-0.39, 0.29) is 0 Å². The Hall–Kier alpha value is 0.109. The standard InChI is InChI=1S/C2F4.Fe/c3-1-2(4,5)6;. The first-order valence-corrected chi connectivity index (χ1v) is 1.73. The fourth-order valence-electron chi connectivity index (χ4n) is 0. The van der Waals surface area contributed by atoms with E-state index < -0.39 is 10.8 Å². The van der Waals surface area contributed by atoms with Crippen molar-refractivity contribution < 1.29 is 33.1 Å². The maximum absolute atomic E-state index is 10.9. The van der Waals surface area contributed by atoms with Crippen LogP contribution in [0, 0.1) is 0 Å². The fourth-order valence-corrected chi connectivity index (χ4v) is 0. The van der Waals surface area contributed by atoms with Crippen molar-refractivity contribution in [3.05, 3.63) is 0 Å². The minimum absolute atomic E-state index is 2.03. The molecular formula is C2F4Fe. The van der Waals surface area contributed by atoms with Gasteiger partial charge in [0, 0.05) is 0 Å². The van der Waals surface area contributed by atoms with Gasteiger partial charge in [-0.2, -0.15) is 0 Å². The molecule has 0 aliphatic carbocycles. The van der Waals surface area contributed by atoms with Gasteiger partial charge in [0.1, 0.15) is 0 Å². The second-order valence-electron chi connectivity index (χ2n) is 0.747. The van der Waals surface area contributed by atoms with Crippen LogP contribution in [0.2, 0.25) is 0 Å².